The van der Waals surface area contributed by atoms with Crippen LogP contribution in [-0.2, 0) is 6.54 Å². The van der Waals surface area contributed by atoms with E-state index < -0.39 is 0 Å². The van der Waals surface area contributed by atoms with Crippen LogP contribution in [0.2, 0.25) is 0 Å². The van der Waals surface area contributed by atoms with E-state index in [4.69, 9.17) is 0 Å². The van der Waals surface area contributed by atoms with Crippen molar-refractivity contribution in [3.8, 4) is 5.69 Å². The van der Waals surface area contributed by atoms with Crippen LogP contribution in [0.1, 0.15) is 23.7 Å². The lowest BCUT2D eigenvalue weighted by Gasteiger charge is -2.05. The Morgan fingerprint density at radius 2 is 1.88 bits per heavy atom. The number of nitrogens with zero attached hydrogens (tertiary/aromatic N) is 2. The van der Waals surface area contributed by atoms with Crippen molar-refractivity contribution in [2.75, 3.05) is 6.54 Å². The molecule has 0 unspecified atom stereocenters. The Balaban J connectivity index is 2.24. The number of hydrogen-bond acceptors (Lipinski definition) is 2. The van der Waals surface area contributed by atoms with Crippen molar-refractivity contribution in [2.24, 2.45) is 0 Å². The molecular weight excluding hydrogens is 210 g/mol. The van der Waals surface area contributed by atoms with Crippen molar-refractivity contribution in [1.82, 2.24) is 15.1 Å². The summed E-state index contributed by atoms with van der Waals surface area (Å²) >= 11 is 0. The SMILES string of the molecule is CCNCc1ccn(-c2cc(C)cc(C)c2)n1. The van der Waals surface area contributed by atoms with E-state index in [-0.39, 0.29) is 0 Å². The van der Waals surface area contributed by atoms with Crippen molar-refractivity contribution in [1.29, 1.82) is 0 Å². The molecule has 17 heavy (non-hydrogen) atoms. The number of rotatable bonds is 4. The predicted octanol–water partition coefficient (Wildman–Crippen LogP) is 2.60. The highest BCUT2D eigenvalue weighted by Crippen LogP contribution is 2.13. The summed E-state index contributed by atoms with van der Waals surface area (Å²) in [4.78, 5) is 0. The highest BCUT2D eigenvalue weighted by Gasteiger charge is 2.02. The van der Waals surface area contributed by atoms with E-state index in [2.05, 4.69) is 55.5 Å². The molecule has 3 heteroatoms. The summed E-state index contributed by atoms with van der Waals surface area (Å²) in [5.41, 5.74) is 4.74. The minimum absolute atomic E-state index is 0.828. The van der Waals surface area contributed by atoms with Gasteiger partial charge in [-0.05, 0) is 49.7 Å². The van der Waals surface area contributed by atoms with Gasteiger partial charge in [0.25, 0.3) is 0 Å². The monoisotopic (exact) mass is 229 g/mol. The van der Waals surface area contributed by atoms with Gasteiger partial charge >= 0.3 is 0 Å². The van der Waals surface area contributed by atoms with E-state index >= 15 is 0 Å². The summed E-state index contributed by atoms with van der Waals surface area (Å²) in [5.74, 6) is 0. The lowest BCUT2D eigenvalue weighted by molar-refractivity contribution is 0.696. The normalized spacial score (nSPS) is 10.8. The van der Waals surface area contributed by atoms with E-state index in [0.29, 0.717) is 0 Å². The van der Waals surface area contributed by atoms with Crippen molar-refractivity contribution in [3.63, 3.8) is 0 Å². The molecule has 3 nitrogen and oxygen atoms in total. The first kappa shape index (κ1) is 11.9. The number of hydrogen-bond donors (Lipinski definition) is 1. The summed E-state index contributed by atoms with van der Waals surface area (Å²) in [5, 5.41) is 7.83. The first-order valence-electron chi connectivity index (χ1n) is 6.03. The molecule has 0 saturated carbocycles. The van der Waals surface area contributed by atoms with Gasteiger partial charge in [0.05, 0.1) is 11.4 Å². The van der Waals surface area contributed by atoms with Crippen LogP contribution in [0.15, 0.2) is 30.5 Å². The molecule has 1 aromatic carbocycles. The van der Waals surface area contributed by atoms with Crippen molar-refractivity contribution in [2.45, 2.75) is 27.3 Å². The van der Waals surface area contributed by atoms with Crippen LogP contribution < -0.4 is 5.32 Å². The number of benzene rings is 1. The molecule has 0 fully saturated rings. The fraction of sp³-hybridized carbons (Fsp3) is 0.357. The standard InChI is InChI=1S/C14H19N3/c1-4-15-10-13-5-6-17(16-13)14-8-11(2)7-12(3)9-14/h5-9,15H,4,10H2,1-3H3. The van der Waals surface area contributed by atoms with Gasteiger partial charge in [0.15, 0.2) is 0 Å². The highest BCUT2D eigenvalue weighted by molar-refractivity contribution is 5.38. The third kappa shape index (κ3) is 2.94. The van der Waals surface area contributed by atoms with E-state index in [1.54, 1.807) is 0 Å². The molecule has 1 aromatic heterocycles. The maximum Gasteiger partial charge on any atom is 0.0766 e. The van der Waals surface area contributed by atoms with Crippen LogP contribution >= 0.6 is 0 Å². The molecule has 0 aliphatic rings. The molecule has 0 saturated heterocycles. The second-order valence-corrected chi connectivity index (χ2v) is 4.38. The van der Waals surface area contributed by atoms with Crippen molar-refractivity contribution < 1.29 is 0 Å². The fourth-order valence-corrected chi connectivity index (χ4v) is 1.94. The van der Waals surface area contributed by atoms with E-state index in [0.717, 1.165) is 24.5 Å². The van der Waals surface area contributed by atoms with Gasteiger partial charge in [0, 0.05) is 12.7 Å². The van der Waals surface area contributed by atoms with Gasteiger partial charge in [-0.1, -0.05) is 13.0 Å². The van der Waals surface area contributed by atoms with E-state index in [9.17, 15) is 0 Å². The van der Waals surface area contributed by atoms with Gasteiger partial charge in [-0.3, -0.25) is 0 Å². The molecule has 1 N–H and O–H groups in total. The van der Waals surface area contributed by atoms with Gasteiger partial charge in [0.2, 0.25) is 0 Å². The fourth-order valence-electron chi connectivity index (χ4n) is 1.94. The summed E-state index contributed by atoms with van der Waals surface area (Å²) in [7, 11) is 0. The second-order valence-electron chi connectivity index (χ2n) is 4.38. The quantitative estimate of drug-likeness (QED) is 0.873. The molecule has 0 atom stereocenters. The summed E-state index contributed by atoms with van der Waals surface area (Å²) < 4.78 is 1.94. The maximum absolute atomic E-state index is 4.55. The van der Waals surface area contributed by atoms with Crippen molar-refractivity contribution in [3.05, 3.63) is 47.3 Å². The Hall–Kier alpha value is -1.61. The average molecular weight is 229 g/mol. The van der Waals surface area contributed by atoms with Gasteiger partial charge in [0.1, 0.15) is 0 Å². The van der Waals surface area contributed by atoms with Crippen LogP contribution in [0.25, 0.3) is 5.69 Å². The Morgan fingerprint density at radius 1 is 1.18 bits per heavy atom. The second kappa shape index (κ2) is 5.15. The van der Waals surface area contributed by atoms with Crippen LogP contribution in [0.4, 0.5) is 0 Å². The molecule has 0 amide bonds. The zero-order chi connectivity index (χ0) is 12.3. The molecule has 0 aliphatic carbocycles. The summed E-state index contributed by atoms with van der Waals surface area (Å²) in [6, 6.07) is 8.53. The molecule has 90 valence electrons. The van der Waals surface area contributed by atoms with Crippen molar-refractivity contribution >= 4 is 0 Å². The molecule has 0 spiro atoms. The Labute approximate surface area is 102 Å². The molecular formula is C14H19N3. The Kier molecular flexibility index (Phi) is 3.59. The lowest BCUT2D eigenvalue weighted by atomic mass is 10.1. The Bertz CT molecular complexity index is 480. The van der Waals surface area contributed by atoms with Gasteiger partial charge in [-0.25, -0.2) is 4.68 Å². The smallest absolute Gasteiger partial charge is 0.0766 e. The zero-order valence-corrected chi connectivity index (χ0v) is 10.7. The van der Waals surface area contributed by atoms with Crippen LogP contribution in [0.5, 0.6) is 0 Å². The lowest BCUT2D eigenvalue weighted by Crippen LogP contribution is -2.12. The first-order chi connectivity index (χ1) is 8.19. The third-order valence-corrected chi connectivity index (χ3v) is 2.67. The number of aromatic nitrogens is 2. The topological polar surface area (TPSA) is 29.9 Å². The maximum atomic E-state index is 4.55. The molecule has 1 heterocycles. The summed E-state index contributed by atoms with van der Waals surface area (Å²) in [6.07, 6.45) is 2.01. The summed E-state index contributed by atoms with van der Waals surface area (Å²) in [6.45, 7) is 8.12. The van der Waals surface area contributed by atoms with Crippen LogP contribution in [0.3, 0.4) is 0 Å². The zero-order valence-electron chi connectivity index (χ0n) is 10.7. The largest absolute Gasteiger partial charge is 0.311 e. The highest BCUT2D eigenvalue weighted by atomic mass is 15.3. The van der Waals surface area contributed by atoms with Gasteiger partial charge < -0.3 is 5.32 Å². The minimum atomic E-state index is 0.828. The first-order valence-corrected chi connectivity index (χ1v) is 6.03. The Morgan fingerprint density at radius 3 is 2.53 bits per heavy atom. The molecule has 2 aromatic rings. The van der Waals surface area contributed by atoms with E-state index in [1.165, 1.54) is 11.1 Å². The molecule has 0 radical (unpaired) electrons. The number of aryl methyl sites for hydroxylation is 2. The molecule has 0 bridgehead atoms. The van der Waals surface area contributed by atoms with Gasteiger partial charge in [-0.2, -0.15) is 5.10 Å². The minimum Gasteiger partial charge on any atom is -0.311 e. The average Bonchev–Trinajstić information content (AvgIpc) is 2.73. The van der Waals surface area contributed by atoms with Gasteiger partial charge in [-0.15, -0.1) is 0 Å². The van der Waals surface area contributed by atoms with E-state index in [1.807, 2.05) is 10.9 Å². The molecule has 2 rings (SSSR count). The third-order valence-electron chi connectivity index (χ3n) is 2.67. The molecule has 0 aliphatic heterocycles. The van der Waals surface area contributed by atoms with Crippen LogP contribution in [0, 0.1) is 13.8 Å². The number of nitrogens with one attached hydrogen (secondary N) is 1. The predicted molar refractivity (Wildman–Crippen MR) is 70.4 cm³/mol. The van der Waals surface area contributed by atoms with Crippen LogP contribution in [-0.4, -0.2) is 16.3 Å².